The Morgan fingerprint density at radius 3 is 2.40 bits per heavy atom. The SMILES string of the molecule is COc1ccc(CNC(=O)Cc2cccc(NC(=O)N(C)C)c2)cc1. The normalized spacial score (nSPS) is 10.0. The Hall–Kier alpha value is -3.02. The average molecular weight is 341 g/mol. The number of nitrogens with one attached hydrogen (secondary N) is 2. The van der Waals surface area contributed by atoms with Gasteiger partial charge in [-0.15, -0.1) is 0 Å². The number of hydrogen-bond donors (Lipinski definition) is 2. The Bertz CT molecular complexity index is 727. The molecule has 3 amide bonds. The number of nitrogens with zero attached hydrogens (tertiary/aromatic N) is 1. The van der Waals surface area contributed by atoms with Crippen molar-refractivity contribution in [2.24, 2.45) is 0 Å². The minimum atomic E-state index is -0.207. The van der Waals surface area contributed by atoms with E-state index in [4.69, 9.17) is 4.74 Å². The van der Waals surface area contributed by atoms with Gasteiger partial charge in [0.05, 0.1) is 13.5 Å². The summed E-state index contributed by atoms with van der Waals surface area (Å²) in [5.41, 5.74) is 2.50. The molecule has 2 aromatic carbocycles. The summed E-state index contributed by atoms with van der Waals surface area (Å²) in [7, 11) is 4.96. The van der Waals surface area contributed by atoms with Crippen LogP contribution in [-0.2, 0) is 17.8 Å². The molecule has 0 heterocycles. The standard InChI is InChI=1S/C19H23N3O3/c1-22(2)19(24)21-16-6-4-5-15(11-16)12-18(23)20-13-14-7-9-17(25-3)10-8-14/h4-11H,12-13H2,1-3H3,(H,20,23)(H,21,24). The number of carbonyl (C=O) groups is 2. The van der Waals surface area contributed by atoms with E-state index in [0.717, 1.165) is 16.9 Å². The van der Waals surface area contributed by atoms with Crippen LogP contribution in [0.1, 0.15) is 11.1 Å². The Morgan fingerprint density at radius 1 is 1.04 bits per heavy atom. The number of ether oxygens (including phenoxy) is 1. The van der Waals surface area contributed by atoms with Gasteiger partial charge in [-0.05, 0) is 35.4 Å². The van der Waals surface area contributed by atoms with Crippen molar-refractivity contribution < 1.29 is 14.3 Å². The highest BCUT2D eigenvalue weighted by molar-refractivity contribution is 5.89. The monoisotopic (exact) mass is 341 g/mol. The van der Waals surface area contributed by atoms with Crippen molar-refractivity contribution in [2.75, 3.05) is 26.5 Å². The molecule has 2 N–H and O–H groups in total. The maximum Gasteiger partial charge on any atom is 0.321 e. The van der Waals surface area contributed by atoms with E-state index in [1.165, 1.54) is 4.90 Å². The third-order valence-electron chi connectivity index (χ3n) is 3.60. The van der Waals surface area contributed by atoms with Crippen LogP contribution in [0, 0.1) is 0 Å². The zero-order valence-electron chi connectivity index (χ0n) is 14.7. The van der Waals surface area contributed by atoms with Gasteiger partial charge in [0, 0.05) is 26.3 Å². The van der Waals surface area contributed by atoms with E-state index in [0.29, 0.717) is 12.2 Å². The van der Waals surface area contributed by atoms with Crippen LogP contribution >= 0.6 is 0 Å². The molecule has 0 saturated carbocycles. The molecule has 0 aliphatic heterocycles. The van der Waals surface area contributed by atoms with Gasteiger partial charge in [0.1, 0.15) is 5.75 Å². The van der Waals surface area contributed by atoms with Crippen LogP contribution in [0.15, 0.2) is 48.5 Å². The quantitative estimate of drug-likeness (QED) is 0.848. The van der Waals surface area contributed by atoms with Crippen LogP contribution in [0.2, 0.25) is 0 Å². The second-order valence-corrected chi connectivity index (χ2v) is 5.83. The van der Waals surface area contributed by atoms with Gasteiger partial charge in [-0.25, -0.2) is 4.79 Å². The van der Waals surface area contributed by atoms with Crippen molar-refractivity contribution in [3.05, 3.63) is 59.7 Å². The predicted octanol–water partition coefficient (Wildman–Crippen LogP) is 2.65. The number of rotatable bonds is 6. The number of benzene rings is 2. The molecule has 0 aromatic heterocycles. The average Bonchev–Trinajstić information content (AvgIpc) is 2.60. The maximum absolute atomic E-state index is 12.1. The second kappa shape index (κ2) is 8.73. The summed E-state index contributed by atoms with van der Waals surface area (Å²) >= 11 is 0. The molecule has 2 aromatic rings. The topological polar surface area (TPSA) is 70.7 Å². The Labute approximate surface area is 147 Å². The Balaban J connectivity index is 1.88. The minimum Gasteiger partial charge on any atom is -0.497 e. The molecule has 0 fully saturated rings. The summed E-state index contributed by atoms with van der Waals surface area (Å²) in [4.78, 5) is 25.2. The van der Waals surface area contributed by atoms with Gasteiger partial charge in [0.25, 0.3) is 0 Å². The molecule has 0 radical (unpaired) electrons. The Morgan fingerprint density at radius 2 is 1.76 bits per heavy atom. The largest absolute Gasteiger partial charge is 0.497 e. The van der Waals surface area contributed by atoms with E-state index >= 15 is 0 Å². The molecule has 0 saturated heterocycles. The number of urea groups is 1. The van der Waals surface area contributed by atoms with E-state index in [1.54, 1.807) is 33.3 Å². The summed E-state index contributed by atoms with van der Waals surface area (Å²) in [6.07, 6.45) is 0.252. The number of anilines is 1. The molecule has 132 valence electrons. The predicted molar refractivity (Wildman–Crippen MR) is 97.7 cm³/mol. The van der Waals surface area contributed by atoms with E-state index in [9.17, 15) is 9.59 Å². The fraction of sp³-hybridized carbons (Fsp3) is 0.263. The summed E-state index contributed by atoms with van der Waals surface area (Å²) in [5, 5.41) is 5.66. The van der Waals surface area contributed by atoms with Gasteiger partial charge < -0.3 is 20.3 Å². The number of methoxy groups -OCH3 is 1. The Kier molecular flexibility index (Phi) is 6.39. The first kappa shape index (κ1) is 18.3. The fourth-order valence-electron chi connectivity index (χ4n) is 2.19. The lowest BCUT2D eigenvalue weighted by atomic mass is 10.1. The molecule has 2 rings (SSSR count). The van der Waals surface area contributed by atoms with Crippen LogP contribution < -0.4 is 15.4 Å². The van der Waals surface area contributed by atoms with Gasteiger partial charge in [-0.2, -0.15) is 0 Å². The maximum atomic E-state index is 12.1. The van der Waals surface area contributed by atoms with Gasteiger partial charge in [0.2, 0.25) is 5.91 Å². The van der Waals surface area contributed by atoms with Crippen molar-refractivity contribution >= 4 is 17.6 Å². The molecule has 6 heteroatoms. The highest BCUT2D eigenvalue weighted by atomic mass is 16.5. The smallest absolute Gasteiger partial charge is 0.321 e. The van der Waals surface area contributed by atoms with Crippen LogP contribution in [-0.4, -0.2) is 38.0 Å². The zero-order chi connectivity index (χ0) is 18.2. The third-order valence-corrected chi connectivity index (χ3v) is 3.60. The lowest BCUT2D eigenvalue weighted by Crippen LogP contribution is -2.27. The van der Waals surface area contributed by atoms with Gasteiger partial charge in [0.15, 0.2) is 0 Å². The molecule has 0 spiro atoms. The fourth-order valence-corrected chi connectivity index (χ4v) is 2.19. The van der Waals surface area contributed by atoms with E-state index < -0.39 is 0 Å². The van der Waals surface area contributed by atoms with Crippen molar-refractivity contribution in [1.29, 1.82) is 0 Å². The molecular formula is C19H23N3O3. The van der Waals surface area contributed by atoms with Gasteiger partial charge >= 0.3 is 6.03 Å². The lowest BCUT2D eigenvalue weighted by Gasteiger charge is -2.12. The first-order chi connectivity index (χ1) is 12.0. The second-order valence-electron chi connectivity index (χ2n) is 5.83. The molecule has 6 nitrogen and oxygen atoms in total. The molecule has 0 atom stereocenters. The van der Waals surface area contributed by atoms with E-state index in [-0.39, 0.29) is 18.4 Å². The van der Waals surface area contributed by atoms with Crippen molar-refractivity contribution in [1.82, 2.24) is 10.2 Å². The number of amides is 3. The molecular weight excluding hydrogens is 318 g/mol. The van der Waals surface area contributed by atoms with Crippen LogP contribution in [0.3, 0.4) is 0 Å². The van der Waals surface area contributed by atoms with E-state index in [1.807, 2.05) is 36.4 Å². The molecule has 0 unspecified atom stereocenters. The minimum absolute atomic E-state index is 0.0769. The highest BCUT2D eigenvalue weighted by Gasteiger charge is 2.07. The van der Waals surface area contributed by atoms with Crippen molar-refractivity contribution in [3.63, 3.8) is 0 Å². The van der Waals surface area contributed by atoms with Crippen LogP contribution in [0.4, 0.5) is 10.5 Å². The molecule has 0 bridgehead atoms. The summed E-state index contributed by atoms with van der Waals surface area (Å²) in [6, 6.07) is 14.6. The third kappa shape index (κ3) is 5.84. The first-order valence-electron chi connectivity index (χ1n) is 7.95. The lowest BCUT2D eigenvalue weighted by molar-refractivity contribution is -0.120. The number of carbonyl (C=O) groups excluding carboxylic acids is 2. The first-order valence-corrected chi connectivity index (χ1v) is 7.95. The zero-order valence-corrected chi connectivity index (χ0v) is 14.7. The summed E-state index contributed by atoms with van der Waals surface area (Å²) < 4.78 is 5.11. The summed E-state index contributed by atoms with van der Waals surface area (Å²) in [6.45, 7) is 0.458. The van der Waals surface area contributed by atoms with Crippen molar-refractivity contribution in [3.8, 4) is 5.75 Å². The highest BCUT2D eigenvalue weighted by Crippen LogP contribution is 2.13. The molecule has 0 aliphatic rings. The molecule has 0 aliphatic carbocycles. The van der Waals surface area contributed by atoms with Gasteiger partial charge in [-0.3, -0.25) is 4.79 Å². The van der Waals surface area contributed by atoms with Crippen molar-refractivity contribution in [2.45, 2.75) is 13.0 Å². The summed E-state index contributed by atoms with van der Waals surface area (Å²) in [5.74, 6) is 0.707. The number of hydrogen-bond acceptors (Lipinski definition) is 3. The van der Waals surface area contributed by atoms with Gasteiger partial charge in [-0.1, -0.05) is 24.3 Å². The molecule has 25 heavy (non-hydrogen) atoms. The van der Waals surface area contributed by atoms with Crippen LogP contribution in [0.25, 0.3) is 0 Å². The van der Waals surface area contributed by atoms with Crippen LogP contribution in [0.5, 0.6) is 5.75 Å². The van der Waals surface area contributed by atoms with E-state index in [2.05, 4.69) is 10.6 Å².